The number of halogens is 2. The Labute approximate surface area is 112 Å². The number of hydrogen-bond donors (Lipinski definition) is 1. The van der Waals surface area contributed by atoms with Crippen molar-refractivity contribution >= 4 is 9.84 Å². The molecule has 0 aliphatic heterocycles. The predicted molar refractivity (Wildman–Crippen MR) is 71.8 cm³/mol. The zero-order valence-corrected chi connectivity index (χ0v) is 12.3. The molecule has 0 amide bonds. The molecule has 0 saturated heterocycles. The van der Waals surface area contributed by atoms with Gasteiger partial charge in [0.2, 0.25) is 0 Å². The topological polar surface area (TPSA) is 46.2 Å². The molecule has 0 spiro atoms. The van der Waals surface area contributed by atoms with Crippen molar-refractivity contribution in [3.63, 3.8) is 0 Å². The van der Waals surface area contributed by atoms with Crippen LogP contribution in [-0.4, -0.2) is 32.5 Å². The molecule has 6 heteroatoms. The third-order valence-corrected chi connectivity index (χ3v) is 5.79. The molecule has 19 heavy (non-hydrogen) atoms. The molecule has 1 unspecified atom stereocenters. The monoisotopic (exact) mass is 291 g/mol. The fourth-order valence-corrected chi connectivity index (χ4v) is 2.60. The van der Waals surface area contributed by atoms with Crippen molar-refractivity contribution in [2.45, 2.75) is 31.1 Å². The molecule has 3 nitrogen and oxygen atoms in total. The summed E-state index contributed by atoms with van der Waals surface area (Å²) in [6.45, 7) is 3.14. The lowest BCUT2D eigenvalue weighted by Gasteiger charge is -2.32. The molecule has 0 heterocycles. The van der Waals surface area contributed by atoms with Gasteiger partial charge in [0.1, 0.15) is 0 Å². The van der Waals surface area contributed by atoms with Crippen molar-refractivity contribution in [1.29, 1.82) is 0 Å². The average molecular weight is 291 g/mol. The normalized spacial score (nSPS) is 14.4. The van der Waals surface area contributed by atoms with Crippen molar-refractivity contribution < 1.29 is 17.2 Å². The third kappa shape index (κ3) is 3.30. The Morgan fingerprint density at radius 2 is 1.89 bits per heavy atom. The molecule has 1 aromatic rings. The lowest BCUT2D eigenvalue weighted by Crippen LogP contribution is -2.51. The summed E-state index contributed by atoms with van der Waals surface area (Å²) in [6.07, 6.45) is 1.24. The fraction of sp³-hybridized carbons (Fsp3) is 0.538. The molecular weight excluding hydrogens is 272 g/mol. The molecule has 0 bridgehead atoms. The van der Waals surface area contributed by atoms with E-state index in [1.165, 1.54) is 12.1 Å². The van der Waals surface area contributed by atoms with Crippen LogP contribution in [0.2, 0.25) is 0 Å². The van der Waals surface area contributed by atoms with Crippen LogP contribution in [0, 0.1) is 11.6 Å². The van der Waals surface area contributed by atoms with E-state index in [4.69, 9.17) is 0 Å². The second kappa shape index (κ2) is 5.54. The summed E-state index contributed by atoms with van der Waals surface area (Å²) >= 11 is 0. The van der Waals surface area contributed by atoms with Gasteiger partial charge in [0.25, 0.3) is 0 Å². The van der Waals surface area contributed by atoms with Crippen LogP contribution in [-0.2, 0) is 16.3 Å². The van der Waals surface area contributed by atoms with Crippen LogP contribution in [0.15, 0.2) is 18.2 Å². The van der Waals surface area contributed by atoms with Crippen molar-refractivity contribution in [2.24, 2.45) is 0 Å². The van der Waals surface area contributed by atoms with Crippen molar-refractivity contribution in [2.75, 3.05) is 13.3 Å². The molecule has 1 rings (SSSR count). The van der Waals surface area contributed by atoms with Gasteiger partial charge in [-0.3, -0.25) is 0 Å². The van der Waals surface area contributed by atoms with E-state index in [0.29, 0.717) is 0 Å². The molecule has 1 atom stereocenters. The van der Waals surface area contributed by atoms with E-state index in [1.807, 2.05) is 0 Å². The molecule has 0 radical (unpaired) electrons. The van der Waals surface area contributed by atoms with Gasteiger partial charge in [-0.1, -0.05) is 12.1 Å². The maximum absolute atomic E-state index is 13.6. The maximum Gasteiger partial charge on any atom is 0.162 e. The van der Waals surface area contributed by atoms with E-state index in [-0.39, 0.29) is 12.0 Å². The Bertz CT molecular complexity index is 556. The Balaban J connectivity index is 3.11. The highest BCUT2D eigenvalue weighted by Crippen LogP contribution is 2.24. The summed E-state index contributed by atoms with van der Waals surface area (Å²) in [4.78, 5) is 0. The number of sulfone groups is 1. The summed E-state index contributed by atoms with van der Waals surface area (Å²) in [7, 11) is -1.73. The van der Waals surface area contributed by atoms with Crippen LogP contribution < -0.4 is 5.32 Å². The molecule has 1 N–H and O–H groups in total. The molecule has 0 saturated carbocycles. The largest absolute Gasteiger partial charge is 0.315 e. The van der Waals surface area contributed by atoms with Gasteiger partial charge in [-0.25, -0.2) is 17.2 Å². The highest BCUT2D eigenvalue weighted by atomic mass is 32.2. The fourth-order valence-electron chi connectivity index (χ4n) is 1.88. The van der Waals surface area contributed by atoms with E-state index >= 15 is 0 Å². The lowest BCUT2D eigenvalue weighted by molar-refractivity contribution is 0.419. The molecule has 0 aliphatic carbocycles. The Hall–Kier alpha value is -1.01. The van der Waals surface area contributed by atoms with Crippen LogP contribution in [0.25, 0.3) is 0 Å². The van der Waals surface area contributed by atoms with Gasteiger partial charge < -0.3 is 5.32 Å². The highest BCUT2D eigenvalue weighted by molar-refractivity contribution is 7.92. The number of rotatable bonds is 5. The van der Waals surface area contributed by atoms with E-state index in [1.54, 1.807) is 20.9 Å². The third-order valence-electron chi connectivity index (χ3n) is 3.60. The second-order valence-corrected chi connectivity index (χ2v) is 7.73. The summed E-state index contributed by atoms with van der Waals surface area (Å²) in [5.41, 5.74) is 0.163. The molecule has 1 aromatic carbocycles. The van der Waals surface area contributed by atoms with Gasteiger partial charge in [0.05, 0.1) is 4.75 Å². The van der Waals surface area contributed by atoms with Crippen LogP contribution in [0.1, 0.15) is 19.4 Å². The Kier molecular flexibility index (Phi) is 4.68. The second-order valence-electron chi connectivity index (χ2n) is 5.13. The number of likely N-dealkylation sites (N-methyl/N-ethyl adjacent to an activating group) is 1. The minimum absolute atomic E-state index is 0.0974. The lowest BCUT2D eigenvalue weighted by atomic mass is 9.95. The van der Waals surface area contributed by atoms with Gasteiger partial charge >= 0.3 is 0 Å². The van der Waals surface area contributed by atoms with E-state index in [9.17, 15) is 17.2 Å². The molecular formula is C13H19F2NO2S. The highest BCUT2D eigenvalue weighted by Gasteiger charge is 2.38. The Morgan fingerprint density at radius 1 is 1.32 bits per heavy atom. The van der Waals surface area contributed by atoms with Crippen molar-refractivity contribution in [1.82, 2.24) is 5.32 Å². The smallest absolute Gasteiger partial charge is 0.162 e. The SMILES string of the molecule is CNC(Cc1cccc(F)c1F)C(C)(C)S(C)(=O)=O. The van der Waals surface area contributed by atoms with Gasteiger partial charge in [-0.15, -0.1) is 0 Å². The Morgan fingerprint density at radius 3 is 2.37 bits per heavy atom. The standard InChI is InChI=1S/C13H19F2NO2S/c1-13(2,19(4,17)18)11(16-3)8-9-6-5-7-10(14)12(9)15/h5-7,11,16H,8H2,1-4H3. The van der Waals surface area contributed by atoms with Crippen LogP contribution in [0.3, 0.4) is 0 Å². The van der Waals surface area contributed by atoms with Gasteiger partial charge in [-0.05, 0) is 38.9 Å². The van der Waals surface area contributed by atoms with Gasteiger partial charge in [0, 0.05) is 12.3 Å². The van der Waals surface area contributed by atoms with Crippen LogP contribution >= 0.6 is 0 Å². The first kappa shape index (κ1) is 16.0. The first-order valence-electron chi connectivity index (χ1n) is 5.91. The summed E-state index contributed by atoms with van der Waals surface area (Å²) < 4.78 is 49.3. The predicted octanol–water partition coefficient (Wildman–Crippen LogP) is 1.92. The quantitative estimate of drug-likeness (QED) is 0.901. The van der Waals surface area contributed by atoms with Gasteiger partial charge in [-0.2, -0.15) is 0 Å². The number of benzene rings is 1. The number of hydrogen-bond acceptors (Lipinski definition) is 3. The zero-order chi connectivity index (χ0) is 14.8. The minimum Gasteiger partial charge on any atom is -0.315 e. The summed E-state index contributed by atoms with van der Waals surface area (Å²) in [5, 5.41) is 2.88. The van der Waals surface area contributed by atoms with E-state index in [2.05, 4.69) is 5.32 Å². The zero-order valence-electron chi connectivity index (χ0n) is 11.5. The molecule has 108 valence electrons. The van der Waals surface area contributed by atoms with E-state index in [0.717, 1.165) is 12.3 Å². The molecule has 0 aromatic heterocycles. The number of nitrogens with one attached hydrogen (secondary N) is 1. The van der Waals surface area contributed by atoms with Crippen LogP contribution in [0.5, 0.6) is 0 Å². The maximum atomic E-state index is 13.6. The van der Waals surface area contributed by atoms with Crippen molar-refractivity contribution in [3.8, 4) is 0 Å². The van der Waals surface area contributed by atoms with Crippen molar-refractivity contribution in [3.05, 3.63) is 35.4 Å². The summed E-state index contributed by atoms with van der Waals surface area (Å²) in [5.74, 6) is -1.85. The first-order valence-corrected chi connectivity index (χ1v) is 7.80. The van der Waals surface area contributed by atoms with E-state index < -0.39 is 32.3 Å². The minimum atomic E-state index is -3.34. The summed E-state index contributed by atoms with van der Waals surface area (Å²) in [6, 6.07) is 3.39. The van der Waals surface area contributed by atoms with Gasteiger partial charge in [0.15, 0.2) is 21.5 Å². The first-order chi connectivity index (χ1) is 8.61. The average Bonchev–Trinajstić information content (AvgIpc) is 2.29. The molecule has 0 fully saturated rings. The molecule has 0 aliphatic rings. The van der Waals surface area contributed by atoms with Crippen LogP contribution in [0.4, 0.5) is 8.78 Å².